The minimum Gasteiger partial charge on any atom is -0.356 e. The molecule has 0 saturated carbocycles. The van der Waals surface area contributed by atoms with Crippen molar-refractivity contribution < 1.29 is 9.59 Å². The van der Waals surface area contributed by atoms with Gasteiger partial charge in [0.1, 0.15) is 12.4 Å². The molecule has 0 unspecified atom stereocenters. The number of fused-ring (bicyclic) bond motifs is 1. The molecule has 3 rings (SSSR count). The number of imidazole rings is 1. The number of nitrogens with zero attached hydrogens (tertiary/aromatic N) is 3. The molecule has 6 heteroatoms. The van der Waals surface area contributed by atoms with Crippen LogP contribution in [0.4, 0.5) is 5.69 Å². The van der Waals surface area contributed by atoms with Crippen molar-refractivity contribution in [3.63, 3.8) is 0 Å². The normalized spacial score (nSPS) is 10.7. The number of para-hydroxylation sites is 3. The Hall–Kier alpha value is -3.15. The Morgan fingerprint density at radius 2 is 1.78 bits per heavy atom. The van der Waals surface area contributed by atoms with E-state index in [2.05, 4.69) is 5.32 Å². The lowest BCUT2D eigenvalue weighted by Gasteiger charge is -2.18. The van der Waals surface area contributed by atoms with Crippen LogP contribution in [-0.2, 0) is 22.6 Å². The SMILES string of the molecule is CC(=O)NCCCc1nc2ccccc2n1CC(=O)N(C)c1ccccc1. The molecule has 140 valence electrons. The van der Waals surface area contributed by atoms with Gasteiger partial charge in [0, 0.05) is 32.6 Å². The molecular weight excluding hydrogens is 340 g/mol. The van der Waals surface area contributed by atoms with Gasteiger partial charge in [-0.15, -0.1) is 0 Å². The largest absolute Gasteiger partial charge is 0.356 e. The van der Waals surface area contributed by atoms with Gasteiger partial charge in [-0.3, -0.25) is 9.59 Å². The molecule has 0 aliphatic heterocycles. The highest BCUT2D eigenvalue weighted by Crippen LogP contribution is 2.19. The minimum atomic E-state index is -0.0387. The van der Waals surface area contributed by atoms with Crippen LogP contribution in [0, 0.1) is 0 Å². The summed E-state index contributed by atoms with van der Waals surface area (Å²) in [6, 6.07) is 17.4. The number of benzene rings is 2. The van der Waals surface area contributed by atoms with Gasteiger partial charge in [0.2, 0.25) is 11.8 Å². The highest BCUT2D eigenvalue weighted by atomic mass is 16.2. The van der Waals surface area contributed by atoms with E-state index < -0.39 is 0 Å². The summed E-state index contributed by atoms with van der Waals surface area (Å²) in [5.41, 5.74) is 2.68. The van der Waals surface area contributed by atoms with E-state index in [1.54, 1.807) is 11.9 Å². The predicted octanol–water partition coefficient (Wildman–Crippen LogP) is 2.77. The van der Waals surface area contributed by atoms with Crippen LogP contribution in [0.2, 0.25) is 0 Å². The summed E-state index contributed by atoms with van der Waals surface area (Å²) in [7, 11) is 1.78. The van der Waals surface area contributed by atoms with E-state index in [1.165, 1.54) is 6.92 Å². The first-order chi connectivity index (χ1) is 13.1. The lowest BCUT2D eigenvalue weighted by atomic mass is 10.2. The summed E-state index contributed by atoms with van der Waals surface area (Å²) in [5.74, 6) is 0.812. The molecular formula is C21H24N4O2. The van der Waals surface area contributed by atoms with Gasteiger partial charge in [0.15, 0.2) is 0 Å². The third-order valence-electron chi connectivity index (χ3n) is 4.50. The van der Waals surface area contributed by atoms with Crippen molar-refractivity contribution in [3.05, 3.63) is 60.4 Å². The van der Waals surface area contributed by atoms with Crippen molar-refractivity contribution in [2.24, 2.45) is 0 Å². The molecule has 0 atom stereocenters. The molecule has 1 N–H and O–H groups in total. The Kier molecular flexibility index (Phi) is 5.86. The zero-order chi connectivity index (χ0) is 19.2. The fourth-order valence-corrected chi connectivity index (χ4v) is 3.04. The third-order valence-corrected chi connectivity index (χ3v) is 4.50. The van der Waals surface area contributed by atoms with Gasteiger partial charge in [0.05, 0.1) is 11.0 Å². The Labute approximate surface area is 158 Å². The average Bonchev–Trinajstić information content (AvgIpc) is 3.02. The van der Waals surface area contributed by atoms with E-state index in [1.807, 2.05) is 59.2 Å². The smallest absolute Gasteiger partial charge is 0.246 e. The van der Waals surface area contributed by atoms with Crippen molar-refractivity contribution >= 4 is 28.5 Å². The molecule has 2 amide bonds. The van der Waals surface area contributed by atoms with Crippen LogP contribution in [-0.4, -0.2) is 35.0 Å². The van der Waals surface area contributed by atoms with Crippen molar-refractivity contribution in [2.75, 3.05) is 18.5 Å². The van der Waals surface area contributed by atoms with E-state index >= 15 is 0 Å². The van der Waals surface area contributed by atoms with Crippen LogP contribution in [0.3, 0.4) is 0 Å². The number of hydrogen-bond acceptors (Lipinski definition) is 3. The molecule has 1 aromatic heterocycles. The number of nitrogens with one attached hydrogen (secondary N) is 1. The molecule has 0 bridgehead atoms. The Morgan fingerprint density at radius 3 is 2.52 bits per heavy atom. The number of rotatable bonds is 7. The number of hydrogen-bond donors (Lipinski definition) is 1. The van der Waals surface area contributed by atoms with Crippen molar-refractivity contribution in [2.45, 2.75) is 26.3 Å². The molecule has 27 heavy (non-hydrogen) atoms. The Morgan fingerprint density at radius 1 is 1.07 bits per heavy atom. The predicted molar refractivity (Wildman–Crippen MR) is 107 cm³/mol. The maximum absolute atomic E-state index is 12.8. The maximum atomic E-state index is 12.8. The molecule has 0 radical (unpaired) electrons. The van der Waals surface area contributed by atoms with Crippen LogP contribution in [0.25, 0.3) is 11.0 Å². The van der Waals surface area contributed by atoms with E-state index in [0.29, 0.717) is 13.0 Å². The van der Waals surface area contributed by atoms with E-state index in [-0.39, 0.29) is 18.4 Å². The van der Waals surface area contributed by atoms with Gasteiger partial charge >= 0.3 is 0 Å². The Bertz CT molecular complexity index is 934. The number of carbonyl (C=O) groups is 2. The van der Waals surface area contributed by atoms with Crippen molar-refractivity contribution in [3.8, 4) is 0 Å². The monoisotopic (exact) mass is 364 g/mol. The number of anilines is 1. The van der Waals surface area contributed by atoms with Gasteiger partial charge in [0.25, 0.3) is 0 Å². The summed E-state index contributed by atoms with van der Waals surface area (Å²) in [6.45, 7) is 2.32. The fourth-order valence-electron chi connectivity index (χ4n) is 3.04. The highest BCUT2D eigenvalue weighted by molar-refractivity contribution is 5.93. The minimum absolute atomic E-state index is 0.00698. The van der Waals surface area contributed by atoms with Crippen LogP contribution < -0.4 is 10.2 Å². The quantitative estimate of drug-likeness (QED) is 0.656. The summed E-state index contributed by atoms with van der Waals surface area (Å²) in [6.07, 6.45) is 1.46. The second-order valence-electron chi connectivity index (χ2n) is 6.48. The number of amides is 2. The third kappa shape index (κ3) is 4.53. The first-order valence-corrected chi connectivity index (χ1v) is 9.06. The summed E-state index contributed by atoms with van der Waals surface area (Å²) < 4.78 is 1.98. The molecule has 2 aromatic carbocycles. The number of aryl methyl sites for hydroxylation is 1. The van der Waals surface area contributed by atoms with Gasteiger partial charge in [-0.2, -0.15) is 0 Å². The van der Waals surface area contributed by atoms with Crippen LogP contribution in [0.1, 0.15) is 19.2 Å². The molecule has 0 fully saturated rings. The van der Waals surface area contributed by atoms with Crippen molar-refractivity contribution in [1.82, 2.24) is 14.9 Å². The first-order valence-electron chi connectivity index (χ1n) is 9.06. The van der Waals surface area contributed by atoms with Gasteiger partial charge in [-0.05, 0) is 30.7 Å². The van der Waals surface area contributed by atoms with E-state index in [0.717, 1.165) is 29.0 Å². The first kappa shape index (κ1) is 18.6. The van der Waals surface area contributed by atoms with Crippen molar-refractivity contribution in [1.29, 1.82) is 0 Å². The molecule has 0 aliphatic carbocycles. The second-order valence-corrected chi connectivity index (χ2v) is 6.48. The lowest BCUT2D eigenvalue weighted by molar-refractivity contribution is -0.119. The number of carbonyl (C=O) groups excluding carboxylic acids is 2. The highest BCUT2D eigenvalue weighted by Gasteiger charge is 2.16. The molecule has 6 nitrogen and oxygen atoms in total. The van der Waals surface area contributed by atoms with Crippen LogP contribution in [0.15, 0.2) is 54.6 Å². The van der Waals surface area contributed by atoms with Crippen LogP contribution >= 0.6 is 0 Å². The Balaban J connectivity index is 1.80. The number of likely N-dealkylation sites (N-methyl/N-ethyl adjacent to an activating group) is 1. The molecule has 0 aliphatic rings. The standard InChI is InChI=1S/C21H24N4O2/c1-16(26)22-14-8-13-20-23-18-11-6-7-12-19(18)25(20)15-21(27)24(2)17-9-4-3-5-10-17/h3-7,9-12H,8,13-15H2,1-2H3,(H,22,26). The van der Waals surface area contributed by atoms with Gasteiger partial charge in [-0.25, -0.2) is 4.98 Å². The zero-order valence-corrected chi connectivity index (χ0v) is 15.7. The van der Waals surface area contributed by atoms with Crippen LogP contribution in [0.5, 0.6) is 0 Å². The zero-order valence-electron chi connectivity index (χ0n) is 15.7. The molecule has 0 saturated heterocycles. The van der Waals surface area contributed by atoms with Gasteiger partial charge in [-0.1, -0.05) is 30.3 Å². The van der Waals surface area contributed by atoms with Gasteiger partial charge < -0.3 is 14.8 Å². The number of aromatic nitrogens is 2. The molecule has 1 heterocycles. The van der Waals surface area contributed by atoms with E-state index in [4.69, 9.17) is 4.98 Å². The van der Waals surface area contributed by atoms with E-state index in [9.17, 15) is 9.59 Å². The topological polar surface area (TPSA) is 67.2 Å². The summed E-state index contributed by atoms with van der Waals surface area (Å²) in [5, 5.41) is 2.80. The summed E-state index contributed by atoms with van der Waals surface area (Å²) >= 11 is 0. The lowest BCUT2D eigenvalue weighted by Crippen LogP contribution is -2.30. The maximum Gasteiger partial charge on any atom is 0.246 e. The second kappa shape index (κ2) is 8.49. The summed E-state index contributed by atoms with van der Waals surface area (Å²) in [4.78, 5) is 30.2. The fraction of sp³-hybridized carbons (Fsp3) is 0.286. The average molecular weight is 364 g/mol. The molecule has 0 spiro atoms. The molecule has 3 aromatic rings.